The molecule has 0 atom stereocenters. The van der Waals surface area contributed by atoms with Crippen LogP contribution in [0.15, 0.2) is 66.9 Å². The lowest BCUT2D eigenvalue weighted by molar-refractivity contribution is 0.0527. The van der Waals surface area contributed by atoms with Gasteiger partial charge in [0.15, 0.2) is 0 Å². The van der Waals surface area contributed by atoms with Crippen molar-refractivity contribution in [3.05, 3.63) is 83.0 Å². The quantitative estimate of drug-likeness (QED) is 0.580. The number of nitrogens with one attached hydrogen (secondary N) is 2. The summed E-state index contributed by atoms with van der Waals surface area (Å²) in [5.74, 6) is -0.359. The third-order valence-electron chi connectivity index (χ3n) is 3.82. The molecule has 3 rings (SSSR count). The van der Waals surface area contributed by atoms with Crippen LogP contribution in [-0.2, 0) is 4.74 Å². The van der Waals surface area contributed by atoms with Gasteiger partial charge in [0.25, 0.3) is 5.91 Å². The number of para-hydroxylation sites is 1. The Morgan fingerprint density at radius 2 is 1.71 bits per heavy atom. The van der Waals surface area contributed by atoms with Crippen LogP contribution in [0.4, 0.5) is 17.2 Å². The molecule has 28 heavy (non-hydrogen) atoms. The van der Waals surface area contributed by atoms with Crippen molar-refractivity contribution < 1.29 is 14.3 Å². The van der Waals surface area contributed by atoms with Gasteiger partial charge < -0.3 is 15.4 Å². The molecular formula is C21H18ClN3O3. The summed E-state index contributed by atoms with van der Waals surface area (Å²) in [6.07, 6.45) is 1.56. The fourth-order valence-corrected chi connectivity index (χ4v) is 2.73. The molecule has 6 nitrogen and oxygen atoms in total. The van der Waals surface area contributed by atoms with Crippen molar-refractivity contribution in [2.24, 2.45) is 0 Å². The molecule has 2 N–H and O–H groups in total. The molecule has 7 heteroatoms. The van der Waals surface area contributed by atoms with Crippen LogP contribution in [-0.4, -0.2) is 23.5 Å². The second-order valence-electron chi connectivity index (χ2n) is 5.76. The first-order chi connectivity index (χ1) is 13.6. The summed E-state index contributed by atoms with van der Waals surface area (Å²) in [7, 11) is 0. The van der Waals surface area contributed by atoms with Gasteiger partial charge >= 0.3 is 5.97 Å². The molecule has 0 aliphatic heterocycles. The van der Waals surface area contributed by atoms with Crippen molar-refractivity contribution in [2.45, 2.75) is 6.92 Å². The molecule has 1 heterocycles. The van der Waals surface area contributed by atoms with Crippen molar-refractivity contribution in [2.75, 3.05) is 17.2 Å². The maximum Gasteiger partial charge on any atom is 0.340 e. The van der Waals surface area contributed by atoms with Crippen molar-refractivity contribution >= 4 is 40.7 Å². The average molecular weight is 396 g/mol. The minimum atomic E-state index is -0.401. The van der Waals surface area contributed by atoms with E-state index in [4.69, 9.17) is 16.3 Å². The van der Waals surface area contributed by atoms with E-state index in [0.29, 0.717) is 39.9 Å². The Kier molecular flexibility index (Phi) is 6.24. The van der Waals surface area contributed by atoms with E-state index >= 15 is 0 Å². The SMILES string of the molecule is CCOC(=O)c1ccccc1Nc1ccc(NC(=O)c2ccccc2Cl)nc1. The zero-order valence-electron chi connectivity index (χ0n) is 15.1. The number of aromatic nitrogens is 1. The number of rotatable bonds is 6. The summed E-state index contributed by atoms with van der Waals surface area (Å²) in [5, 5.41) is 6.21. The minimum absolute atomic E-state index is 0.300. The Hall–Kier alpha value is -3.38. The summed E-state index contributed by atoms with van der Waals surface area (Å²) in [5.41, 5.74) is 2.07. The number of esters is 1. The zero-order valence-corrected chi connectivity index (χ0v) is 15.9. The third kappa shape index (κ3) is 4.66. The fraction of sp³-hybridized carbons (Fsp3) is 0.0952. The topological polar surface area (TPSA) is 80.3 Å². The predicted octanol–water partition coefficient (Wildman–Crippen LogP) is 4.91. The van der Waals surface area contributed by atoms with E-state index in [-0.39, 0.29) is 5.91 Å². The standard InChI is InChI=1S/C21H18ClN3O3/c1-2-28-21(27)16-8-4-6-10-18(16)24-14-11-12-19(23-13-14)25-20(26)15-7-3-5-9-17(15)22/h3-13,24H,2H2,1H3,(H,23,25,26). The number of carbonyl (C=O) groups excluding carboxylic acids is 2. The largest absolute Gasteiger partial charge is 0.462 e. The monoisotopic (exact) mass is 395 g/mol. The normalized spacial score (nSPS) is 10.2. The number of anilines is 3. The van der Waals surface area contributed by atoms with Gasteiger partial charge in [-0.15, -0.1) is 0 Å². The van der Waals surface area contributed by atoms with Crippen LogP contribution >= 0.6 is 11.6 Å². The lowest BCUT2D eigenvalue weighted by Gasteiger charge is -2.12. The number of amides is 1. The highest BCUT2D eigenvalue weighted by atomic mass is 35.5. The van der Waals surface area contributed by atoms with Crippen molar-refractivity contribution in [3.63, 3.8) is 0 Å². The minimum Gasteiger partial charge on any atom is -0.462 e. The Balaban J connectivity index is 1.71. The van der Waals surface area contributed by atoms with Crippen molar-refractivity contribution in [3.8, 4) is 0 Å². The zero-order chi connectivity index (χ0) is 19.9. The second-order valence-corrected chi connectivity index (χ2v) is 6.16. The van der Waals surface area contributed by atoms with Gasteiger partial charge in [-0.1, -0.05) is 35.9 Å². The van der Waals surface area contributed by atoms with E-state index < -0.39 is 5.97 Å². The highest BCUT2D eigenvalue weighted by molar-refractivity contribution is 6.34. The molecule has 1 aromatic heterocycles. The van der Waals surface area contributed by atoms with E-state index in [1.54, 1.807) is 67.7 Å². The molecule has 3 aromatic rings. The van der Waals surface area contributed by atoms with Gasteiger partial charge in [0.05, 0.1) is 40.3 Å². The Morgan fingerprint density at radius 1 is 1.00 bits per heavy atom. The van der Waals surface area contributed by atoms with Crippen molar-refractivity contribution in [1.82, 2.24) is 4.98 Å². The first-order valence-corrected chi connectivity index (χ1v) is 9.01. The molecule has 142 valence electrons. The molecule has 0 saturated carbocycles. The molecule has 0 unspecified atom stereocenters. The molecule has 0 aliphatic rings. The summed E-state index contributed by atoms with van der Waals surface area (Å²) in [4.78, 5) is 28.6. The molecule has 1 amide bonds. The van der Waals surface area contributed by atoms with Gasteiger partial charge in [-0.05, 0) is 43.3 Å². The van der Waals surface area contributed by atoms with E-state index in [2.05, 4.69) is 15.6 Å². The Bertz CT molecular complexity index is 990. The second kappa shape index (κ2) is 9.01. The highest BCUT2D eigenvalue weighted by Crippen LogP contribution is 2.22. The van der Waals surface area contributed by atoms with Gasteiger partial charge in [-0.25, -0.2) is 9.78 Å². The number of pyridine rings is 1. The lowest BCUT2D eigenvalue weighted by atomic mass is 10.1. The predicted molar refractivity (Wildman–Crippen MR) is 109 cm³/mol. The fourth-order valence-electron chi connectivity index (χ4n) is 2.51. The number of hydrogen-bond acceptors (Lipinski definition) is 5. The summed E-state index contributed by atoms with van der Waals surface area (Å²) < 4.78 is 5.07. The van der Waals surface area contributed by atoms with Crippen LogP contribution in [0, 0.1) is 0 Å². The number of benzene rings is 2. The summed E-state index contributed by atoms with van der Waals surface area (Å²) >= 11 is 6.03. The molecule has 0 radical (unpaired) electrons. The lowest BCUT2D eigenvalue weighted by Crippen LogP contribution is -2.13. The maximum absolute atomic E-state index is 12.3. The molecule has 0 aliphatic carbocycles. The smallest absolute Gasteiger partial charge is 0.340 e. The number of nitrogens with zero attached hydrogens (tertiary/aromatic N) is 1. The Morgan fingerprint density at radius 3 is 2.39 bits per heavy atom. The van der Waals surface area contributed by atoms with Gasteiger partial charge in [0.2, 0.25) is 0 Å². The van der Waals surface area contributed by atoms with E-state index in [9.17, 15) is 9.59 Å². The number of hydrogen-bond donors (Lipinski definition) is 2. The highest BCUT2D eigenvalue weighted by Gasteiger charge is 2.13. The van der Waals surface area contributed by atoms with E-state index in [1.165, 1.54) is 0 Å². The third-order valence-corrected chi connectivity index (χ3v) is 4.15. The van der Waals surface area contributed by atoms with Crippen LogP contribution in [0.3, 0.4) is 0 Å². The summed E-state index contributed by atoms with van der Waals surface area (Å²) in [6.45, 7) is 2.06. The first-order valence-electron chi connectivity index (χ1n) is 8.63. The Labute approximate surface area is 167 Å². The summed E-state index contributed by atoms with van der Waals surface area (Å²) in [6, 6.07) is 17.2. The van der Waals surface area contributed by atoms with Crippen LogP contribution in [0.25, 0.3) is 0 Å². The van der Waals surface area contributed by atoms with Crippen LogP contribution in [0.1, 0.15) is 27.6 Å². The van der Waals surface area contributed by atoms with Gasteiger partial charge in [-0.3, -0.25) is 4.79 Å². The molecule has 0 spiro atoms. The number of carbonyl (C=O) groups is 2. The van der Waals surface area contributed by atoms with Gasteiger partial charge in [-0.2, -0.15) is 0 Å². The molecule has 0 fully saturated rings. The van der Waals surface area contributed by atoms with E-state index in [1.807, 2.05) is 6.07 Å². The van der Waals surface area contributed by atoms with Crippen LogP contribution < -0.4 is 10.6 Å². The molecule has 0 saturated heterocycles. The number of ether oxygens (including phenoxy) is 1. The molecular weight excluding hydrogens is 378 g/mol. The molecule has 2 aromatic carbocycles. The van der Waals surface area contributed by atoms with Gasteiger partial charge in [0.1, 0.15) is 5.82 Å². The van der Waals surface area contributed by atoms with Crippen LogP contribution in [0.2, 0.25) is 5.02 Å². The first kappa shape index (κ1) is 19.4. The van der Waals surface area contributed by atoms with Gasteiger partial charge in [0, 0.05) is 0 Å². The molecule has 0 bridgehead atoms. The number of halogens is 1. The van der Waals surface area contributed by atoms with Crippen LogP contribution in [0.5, 0.6) is 0 Å². The maximum atomic E-state index is 12.3. The average Bonchev–Trinajstić information content (AvgIpc) is 2.70. The van der Waals surface area contributed by atoms with Crippen molar-refractivity contribution in [1.29, 1.82) is 0 Å². The van der Waals surface area contributed by atoms with E-state index in [0.717, 1.165) is 0 Å².